The first-order chi connectivity index (χ1) is 12.5. The van der Waals surface area contributed by atoms with Crippen molar-refractivity contribution in [1.82, 2.24) is 9.78 Å². The van der Waals surface area contributed by atoms with Crippen LogP contribution in [0.25, 0.3) is 0 Å². The maximum atomic E-state index is 12.4. The van der Waals surface area contributed by atoms with Crippen LogP contribution in [-0.4, -0.2) is 42.9 Å². The quantitative estimate of drug-likeness (QED) is 0.888. The number of piperidine rings is 1. The van der Waals surface area contributed by atoms with Crippen LogP contribution in [0.5, 0.6) is 0 Å². The van der Waals surface area contributed by atoms with Gasteiger partial charge in [0.25, 0.3) is 5.56 Å². The number of hydrogen-bond donors (Lipinski definition) is 1. The van der Waals surface area contributed by atoms with Crippen LogP contribution < -0.4 is 20.7 Å². The van der Waals surface area contributed by atoms with Crippen LogP contribution in [0.15, 0.2) is 41.2 Å². The lowest BCUT2D eigenvalue weighted by Gasteiger charge is -2.27. The Bertz CT molecular complexity index is 825. The van der Waals surface area contributed by atoms with Crippen molar-refractivity contribution in [2.24, 2.45) is 0 Å². The van der Waals surface area contributed by atoms with Gasteiger partial charge in [0.1, 0.15) is 12.4 Å². The van der Waals surface area contributed by atoms with E-state index in [0.717, 1.165) is 37.4 Å². The number of rotatable bonds is 5. The van der Waals surface area contributed by atoms with E-state index in [2.05, 4.69) is 15.3 Å². The van der Waals surface area contributed by atoms with E-state index in [9.17, 15) is 9.59 Å². The van der Waals surface area contributed by atoms with Gasteiger partial charge in [-0.1, -0.05) is 6.07 Å². The third-order valence-electron chi connectivity index (χ3n) is 4.47. The molecule has 7 nitrogen and oxygen atoms in total. The number of carbonyl (C=O) groups is 1. The van der Waals surface area contributed by atoms with Gasteiger partial charge in [-0.2, -0.15) is 5.10 Å². The molecule has 1 amide bonds. The second kappa shape index (κ2) is 8.03. The molecule has 0 bridgehead atoms. The Morgan fingerprint density at radius 1 is 1.15 bits per heavy atom. The normalized spacial score (nSPS) is 14.2. The monoisotopic (exact) mass is 355 g/mol. The zero-order valence-corrected chi connectivity index (χ0v) is 15.3. The highest BCUT2D eigenvalue weighted by Gasteiger charge is 2.14. The van der Waals surface area contributed by atoms with E-state index in [1.165, 1.54) is 17.2 Å². The molecular weight excluding hydrogens is 330 g/mol. The standard InChI is InChI=1S/C19H25N5O2/c1-22(2)16-8-6-7-15(13-16)20-18(25)14-24-19(26)10-9-17(21-24)23-11-4-3-5-12-23/h6-10,13H,3-5,11-12,14H2,1-2H3,(H,20,25). The van der Waals surface area contributed by atoms with Crippen LogP contribution in [0, 0.1) is 0 Å². The molecule has 3 rings (SSSR count). The Kier molecular flexibility index (Phi) is 5.55. The number of nitrogens with one attached hydrogen (secondary N) is 1. The Hall–Kier alpha value is -2.83. The summed E-state index contributed by atoms with van der Waals surface area (Å²) < 4.78 is 1.23. The van der Waals surface area contributed by atoms with Crippen LogP contribution in [0.4, 0.5) is 17.2 Å². The van der Waals surface area contributed by atoms with Gasteiger partial charge in [0, 0.05) is 44.6 Å². The Balaban J connectivity index is 1.70. The summed E-state index contributed by atoms with van der Waals surface area (Å²) in [5, 5.41) is 7.22. The molecule has 1 aromatic heterocycles. The summed E-state index contributed by atoms with van der Waals surface area (Å²) in [7, 11) is 3.88. The fourth-order valence-corrected chi connectivity index (χ4v) is 3.04. The van der Waals surface area contributed by atoms with Crippen molar-refractivity contribution in [3.8, 4) is 0 Å². The van der Waals surface area contributed by atoms with Gasteiger partial charge >= 0.3 is 0 Å². The summed E-state index contributed by atoms with van der Waals surface area (Å²) in [6.07, 6.45) is 3.48. The second-order valence-electron chi connectivity index (χ2n) is 6.73. The fraction of sp³-hybridized carbons (Fsp3) is 0.421. The van der Waals surface area contributed by atoms with E-state index >= 15 is 0 Å². The SMILES string of the molecule is CN(C)c1cccc(NC(=O)Cn2nc(N3CCCCC3)ccc2=O)c1. The summed E-state index contributed by atoms with van der Waals surface area (Å²) in [4.78, 5) is 28.6. The molecule has 26 heavy (non-hydrogen) atoms. The van der Waals surface area contributed by atoms with Crippen LogP contribution in [0.2, 0.25) is 0 Å². The number of aromatic nitrogens is 2. The van der Waals surface area contributed by atoms with Crippen molar-refractivity contribution >= 4 is 23.1 Å². The van der Waals surface area contributed by atoms with Crippen molar-refractivity contribution < 1.29 is 4.79 Å². The molecule has 138 valence electrons. The third kappa shape index (κ3) is 4.41. The lowest BCUT2D eigenvalue weighted by atomic mass is 10.1. The zero-order chi connectivity index (χ0) is 18.5. The zero-order valence-electron chi connectivity index (χ0n) is 15.3. The predicted octanol–water partition coefficient (Wildman–Crippen LogP) is 1.94. The maximum Gasteiger partial charge on any atom is 0.267 e. The van der Waals surface area contributed by atoms with Crippen molar-refractivity contribution in [2.45, 2.75) is 25.8 Å². The summed E-state index contributed by atoms with van der Waals surface area (Å²) in [6.45, 7) is 1.77. The molecule has 2 heterocycles. The minimum absolute atomic E-state index is 0.104. The highest BCUT2D eigenvalue weighted by molar-refractivity contribution is 5.91. The van der Waals surface area contributed by atoms with Gasteiger partial charge in [0.05, 0.1) is 0 Å². The molecule has 7 heteroatoms. The number of carbonyl (C=O) groups excluding carboxylic acids is 1. The minimum atomic E-state index is -0.275. The molecule has 0 atom stereocenters. The first-order valence-electron chi connectivity index (χ1n) is 8.93. The lowest BCUT2D eigenvalue weighted by Crippen LogP contribution is -2.34. The van der Waals surface area contributed by atoms with E-state index in [-0.39, 0.29) is 18.0 Å². The topological polar surface area (TPSA) is 70.5 Å². The molecule has 1 saturated heterocycles. The van der Waals surface area contributed by atoms with Gasteiger partial charge in [0.2, 0.25) is 5.91 Å². The van der Waals surface area contributed by atoms with Gasteiger partial charge < -0.3 is 15.1 Å². The largest absolute Gasteiger partial charge is 0.378 e. The van der Waals surface area contributed by atoms with E-state index in [0.29, 0.717) is 5.69 Å². The lowest BCUT2D eigenvalue weighted by molar-refractivity contribution is -0.117. The molecule has 1 aliphatic heterocycles. The number of benzene rings is 1. The first kappa shape index (κ1) is 18.0. The average Bonchev–Trinajstić information content (AvgIpc) is 2.64. The van der Waals surface area contributed by atoms with Gasteiger partial charge in [-0.25, -0.2) is 4.68 Å². The smallest absolute Gasteiger partial charge is 0.267 e. The molecular formula is C19H25N5O2. The molecule has 0 unspecified atom stereocenters. The number of hydrogen-bond acceptors (Lipinski definition) is 5. The molecule has 1 fully saturated rings. The summed E-state index contributed by atoms with van der Waals surface area (Å²) >= 11 is 0. The van der Waals surface area contributed by atoms with E-state index in [4.69, 9.17) is 0 Å². The molecule has 0 radical (unpaired) electrons. The van der Waals surface area contributed by atoms with Crippen molar-refractivity contribution in [3.05, 3.63) is 46.8 Å². The number of nitrogens with zero attached hydrogens (tertiary/aromatic N) is 4. The fourth-order valence-electron chi connectivity index (χ4n) is 3.04. The summed E-state index contributed by atoms with van der Waals surface area (Å²) in [6, 6.07) is 10.8. The molecule has 1 N–H and O–H groups in total. The minimum Gasteiger partial charge on any atom is -0.378 e. The van der Waals surface area contributed by atoms with Crippen LogP contribution in [-0.2, 0) is 11.3 Å². The van der Waals surface area contributed by atoms with E-state index < -0.39 is 0 Å². The van der Waals surface area contributed by atoms with Gasteiger partial charge in [-0.3, -0.25) is 9.59 Å². The third-order valence-corrected chi connectivity index (χ3v) is 4.47. The van der Waals surface area contributed by atoms with Crippen molar-refractivity contribution in [3.63, 3.8) is 0 Å². The number of anilines is 3. The van der Waals surface area contributed by atoms with Gasteiger partial charge in [-0.05, 0) is 43.5 Å². The predicted molar refractivity (Wildman–Crippen MR) is 104 cm³/mol. The highest BCUT2D eigenvalue weighted by Crippen LogP contribution is 2.18. The molecule has 0 aliphatic carbocycles. The van der Waals surface area contributed by atoms with Crippen molar-refractivity contribution in [1.29, 1.82) is 0 Å². The molecule has 0 spiro atoms. The first-order valence-corrected chi connectivity index (χ1v) is 8.93. The highest BCUT2D eigenvalue weighted by atomic mass is 16.2. The molecule has 1 aliphatic rings. The van der Waals surface area contributed by atoms with E-state index in [1.54, 1.807) is 6.07 Å². The Morgan fingerprint density at radius 3 is 2.65 bits per heavy atom. The van der Waals surface area contributed by atoms with Crippen LogP contribution in [0.1, 0.15) is 19.3 Å². The Morgan fingerprint density at radius 2 is 1.92 bits per heavy atom. The maximum absolute atomic E-state index is 12.4. The van der Waals surface area contributed by atoms with Crippen molar-refractivity contribution in [2.75, 3.05) is 42.3 Å². The second-order valence-corrected chi connectivity index (χ2v) is 6.73. The van der Waals surface area contributed by atoms with Gasteiger partial charge in [0.15, 0.2) is 0 Å². The molecule has 0 saturated carbocycles. The van der Waals surface area contributed by atoms with Gasteiger partial charge in [-0.15, -0.1) is 0 Å². The van der Waals surface area contributed by atoms with E-state index in [1.807, 2.05) is 43.3 Å². The molecule has 2 aromatic rings. The average molecular weight is 355 g/mol. The summed E-state index contributed by atoms with van der Waals surface area (Å²) in [5.41, 5.74) is 1.41. The summed E-state index contributed by atoms with van der Waals surface area (Å²) in [5.74, 6) is 0.484. The van der Waals surface area contributed by atoms with Crippen LogP contribution in [0.3, 0.4) is 0 Å². The Labute approximate surface area is 153 Å². The number of amides is 1. The van der Waals surface area contributed by atoms with Crippen LogP contribution >= 0.6 is 0 Å². The molecule has 1 aromatic carbocycles.